The van der Waals surface area contributed by atoms with Crippen molar-refractivity contribution in [3.05, 3.63) is 59.2 Å². The maximum Gasteiger partial charge on any atom is 0.118 e. The topological polar surface area (TPSA) is 21.3 Å². The summed E-state index contributed by atoms with van der Waals surface area (Å²) in [5.41, 5.74) is 5.12. The molecule has 2 aromatic carbocycles. The number of hydrogen-bond acceptors (Lipinski definition) is 2. The van der Waals surface area contributed by atoms with Crippen LogP contribution in [0.2, 0.25) is 0 Å². The van der Waals surface area contributed by atoms with Crippen molar-refractivity contribution in [1.82, 2.24) is 0 Å². The van der Waals surface area contributed by atoms with E-state index >= 15 is 0 Å². The van der Waals surface area contributed by atoms with E-state index in [0.717, 1.165) is 18.7 Å². The highest BCUT2D eigenvalue weighted by Crippen LogP contribution is 2.24. The van der Waals surface area contributed by atoms with E-state index in [1.54, 1.807) is 7.11 Å². The molecule has 0 saturated carbocycles. The van der Waals surface area contributed by atoms with Crippen molar-refractivity contribution in [3.8, 4) is 5.75 Å². The van der Waals surface area contributed by atoms with Crippen LogP contribution in [0, 0.1) is 0 Å². The summed E-state index contributed by atoms with van der Waals surface area (Å²) in [6.07, 6.45) is 5.41. The molecule has 0 radical (unpaired) electrons. The summed E-state index contributed by atoms with van der Waals surface area (Å²) >= 11 is 0. The Hall–Kier alpha value is -2.22. The zero-order valence-corrected chi connectivity index (χ0v) is 11.0. The summed E-state index contributed by atoms with van der Waals surface area (Å²) in [6.45, 7) is 1.06. The van der Waals surface area contributed by atoms with Crippen molar-refractivity contribution in [3.63, 3.8) is 0 Å². The second kappa shape index (κ2) is 5.19. The lowest BCUT2D eigenvalue weighted by Gasteiger charge is -2.01. The Morgan fingerprint density at radius 3 is 2.53 bits per heavy atom. The Bertz CT molecular complexity index is 599. The average molecular weight is 251 g/mol. The van der Waals surface area contributed by atoms with Gasteiger partial charge < -0.3 is 10.1 Å². The van der Waals surface area contributed by atoms with E-state index in [-0.39, 0.29) is 0 Å². The number of methoxy groups -OCH3 is 1. The van der Waals surface area contributed by atoms with E-state index in [1.807, 2.05) is 12.1 Å². The van der Waals surface area contributed by atoms with E-state index in [0.29, 0.717) is 0 Å². The van der Waals surface area contributed by atoms with Gasteiger partial charge in [0.15, 0.2) is 0 Å². The minimum atomic E-state index is 0.890. The van der Waals surface area contributed by atoms with Crippen molar-refractivity contribution >= 4 is 17.8 Å². The Labute approximate surface area is 113 Å². The van der Waals surface area contributed by atoms with Crippen LogP contribution in [0.3, 0.4) is 0 Å². The van der Waals surface area contributed by atoms with Gasteiger partial charge in [0.2, 0.25) is 0 Å². The predicted octanol–water partition coefficient (Wildman–Crippen LogP) is 3.83. The molecule has 0 atom stereocenters. The van der Waals surface area contributed by atoms with Crippen molar-refractivity contribution < 1.29 is 4.74 Å². The Balaban J connectivity index is 1.78. The van der Waals surface area contributed by atoms with Crippen molar-refractivity contribution in [2.24, 2.45) is 0 Å². The molecule has 1 aliphatic heterocycles. The van der Waals surface area contributed by atoms with Crippen LogP contribution in [0.5, 0.6) is 5.75 Å². The van der Waals surface area contributed by atoms with E-state index in [4.69, 9.17) is 4.74 Å². The number of rotatable bonds is 3. The van der Waals surface area contributed by atoms with Crippen LogP contribution in [-0.4, -0.2) is 13.7 Å². The summed E-state index contributed by atoms with van der Waals surface area (Å²) in [6, 6.07) is 14.6. The predicted molar refractivity (Wildman–Crippen MR) is 80.6 cm³/mol. The van der Waals surface area contributed by atoms with Crippen molar-refractivity contribution in [2.75, 3.05) is 19.0 Å². The fourth-order valence-corrected chi connectivity index (χ4v) is 2.34. The van der Waals surface area contributed by atoms with Crippen LogP contribution in [0.15, 0.2) is 42.5 Å². The fraction of sp³-hybridized carbons (Fsp3) is 0.176. The quantitative estimate of drug-likeness (QED) is 0.837. The number of fused-ring (bicyclic) bond motifs is 1. The van der Waals surface area contributed by atoms with Crippen LogP contribution < -0.4 is 10.1 Å². The molecule has 0 fully saturated rings. The van der Waals surface area contributed by atoms with E-state index < -0.39 is 0 Å². The summed E-state index contributed by atoms with van der Waals surface area (Å²) < 4.78 is 5.15. The maximum atomic E-state index is 5.15. The van der Waals surface area contributed by atoms with Gasteiger partial charge in [0.25, 0.3) is 0 Å². The van der Waals surface area contributed by atoms with Gasteiger partial charge in [0.1, 0.15) is 5.75 Å². The van der Waals surface area contributed by atoms with Gasteiger partial charge in [-0.25, -0.2) is 0 Å². The highest BCUT2D eigenvalue weighted by atomic mass is 16.5. The monoisotopic (exact) mass is 251 g/mol. The average Bonchev–Trinajstić information content (AvgIpc) is 2.93. The van der Waals surface area contributed by atoms with E-state index in [9.17, 15) is 0 Å². The molecule has 2 aromatic rings. The molecule has 1 aliphatic rings. The molecule has 0 amide bonds. The summed E-state index contributed by atoms with van der Waals surface area (Å²) in [5, 5.41) is 3.38. The molecule has 3 rings (SSSR count). The Kier molecular flexibility index (Phi) is 3.23. The van der Waals surface area contributed by atoms with Gasteiger partial charge in [-0.1, -0.05) is 30.4 Å². The normalized spacial score (nSPS) is 13.3. The van der Waals surface area contributed by atoms with Crippen LogP contribution in [0.25, 0.3) is 12.2 Å². The SMILES string of the molecule is COc1ccc(C=Cc2ccc3c(c2)CCN3)cc1. The Morgan fingerprint density at radius 2 is 1.74 bits per heavy atom. The molecule has 0 saturated heterocycles. The molecule has 0 aliphatic carbocycles. The zero-order chi connectivity index (χ0) is 13.1. The third-order valence-corrected chi connectivity index (χ3v) is 3.42. The number of anilines is 1. The van der Waals surface area contributed by atoms with Gasteiger partial charge >= 0.3 is 0 Å². The molecular formula is C17H17NO. The maximum absolute atomic E-state index is 5.15. The molecule has 2 nitrogen and oxygen atoms in total. The first-order chi connectivity index (χ1) is 9.35. The molecule has 0 bridgehead atoms. The number of benzene rings is 2. The van der Waals surface area contributed by atoms with E-state index in [1.165, 1.54) is 22.4 Å². The highest BCUT2D eigenvalue weighted by Gasteiger charge is 2.08. The van der Waals surface area contributed by atoms with Gasteiger partial charge in [-0.3, -0.25) is 0 Å². The fourth-order valence-electron chi connectivity index (χ4n) is 2.34. The third-order valence-electron chi connectivity index (χ3n) is 3.42. The van der Waals surface area contributed by atoms with Crippen LogP contribution in [0.1, 0.15) is 16.7 Å². The van der Waals surface area contributed by atoms with Gasteiger partial charge in [-0.2, -0.15) is 0 Å². The van der Waals surface area contributed by atoms with E-state index in [2.05, 4.69) is 47.8 Å². The summed E-state index contributed by atoms with van der Waals surface area (Å²) in [7, 11) is 1.68. The molecule has 2 heteroatoms. The van der Waals surface area contributed by atoms with Gasteiger partial charge in [0.05, 0.1) is 7.11 Å². The largest absolute Gasteiger partial charge is 0.497 e. The molecule has 96 valence electrons. The van der Waals surface area contributed by atoms with Crippen LogP contribution in [0.4, 0.5) is 5.69 Å². The van der Waals surface area contributed by atoms with Crippen molar-refractivity contribution in [2.45, 2.75) is 6.42 Å². The first-order valence-corrected chi connectivity index (χ1v) is 6.54. The standard InChI is InChI=1S/C17H17NO/c1-19-16-7-4-13(5-8-16)2-3-14-6-9-17-15(12-14)10-11-18-17/h2-9,12,18H,10-11H2,1H3. The molecular weight excluding hydrogens is 234 g/mol. The minimum Gasteiger partial charge on any atom is -0.497 e. The number of nitrogens with one attached hydrogen (secondary N) is 1. The lowest BCUT2D eigenvalue weighted by atomic mass is 10.1. The summed E-state index contributed by atoms with van der Waals surface area (Å²) in [5.74, 6) is 0.890. The van der Waals surface area contributed by atoms with Gasteiger partial charge in [-0.15, -0.1) is 0 Å². The third kappa shape index (κ3) is 2.63. The second-order valence-corrected chi connectivity index (χ2v) is 4.70. The Morgan fingerprint density at radius 1 is 1.00 bits per heavy atom. The molecule has 1 heterocycles. The second-order valence-electron chi connectivity index (χ2n) is 4.70. The lowest BCUT2D eigenvalue weighted by Crippen LogP contribution is -1.90. The molecule has 0 unspecified atom stereocenters. The smallest absolute Gasteiger partial charge is 0.118 e. The first-order valence-electron chi connectivity index (χ1n) is 6.54. The molecule has 19 heavy (non-hydrogen) atoms. The first kappa shape index (κ1) is 11.8. The van der Waals surface area contributed by atoms with Gasteiger partial charge in [0, 0.05) is 12.2 Å². The highest BCUT2D eigenvalue weighted by molar-refractivity contribution is 5.72. The minimum absolute atomic E-state index is 0.890. The van der Waals surface area contributed by atoms with Gasteiger partial charge in [-0.05, 0) is 47.4 Å². The molecule has 1 N–H and O–H groups in total. The number of hydrogen-bond donors (Lipinski definition) is 1. The molecule has 0 aromatic heterocycles. The van der Waals surface area contributed by atoms with Crippen LogP contribution >= 0.6 is 0 Å². The zero-order valence-electron chi connectivity index (χ0n) is 11.0. The number of ether oxygens (including phenoxy) is 1. The van der Waals surface area contributed by atoms with Crippen molar-refractivity contribution in [1.29, 1.82) is 0 Å². The lowest BCUT2D eigenvalue weighted by molar-refractivity contribution is 0.415. The molecule has 0 spiro atoms. The summed E-state index contributed by atoms with van der Waals surface area (Å²) in [4.78, 5) is 0. The van der Waals surface area contributed by atoms with Crippen LogP contribution in [-0.2, 0) is 6.42 Å².